The minimum atomic E-state index is -4.66. The monoisotopic (exact) mass is 533 g/mol. The summed E-state index contributed by atoms with van der Waals surface area (Å²) >= 11 is 0. The van der Waals surface area contributed by atoms with E-state index in [2.05, 4.69) is 5.32 Å². The van der Waals surface area contributed by atoms with Crippen LogP contribution in [0.4, 0.5) is 26.3 Å². The summed E-state index contributed by atoms with van der Waals surface area (Å²) in [6.45, 7) is 1.88. The van der Waals surface area contributed by atoms with Gasteiger partial charge in [0.15, 0.2) is 0 Å². The third kappa shape index (κ3) is 6.62. The van der Waals surface area contributed by atoms with Gasteiger partial charge in [0.25, 0.3) is 0 Å². The summed E-state index contributed by atoms with van der Waals surface area (Å²) in [4.78, 5) is 11.2. The van der Waals surface area contributed by atoms with Gasteiger partial charge in [0.05, 0.1) is 23.5 Å². The molecule has 4 rings (SSSR count). The number of carboxylic acids is 1. The molecule has 2 N–H and O–H groups in total. The first kappa shape index (κ1) is 27.8. The van der Waals surface area contributed by atoms with Gasteiger partial charge < -0.3 is 15.2 Å². The van der Waals surface area contributed by atoms with Crippen LogP contribution in [0.1, 0.15) is 58.3 Å². The van der Waals surface area contributed by atoms with Crippen LogP contribution in [0, 0.1) is 23.7 Å². The van der Waals surface area contributed by atoms with Crippen LogP contribution in [0.25, 0.3) is 0 Å². The highest BCUT2D eigenvalue weighted by Crippen LogP contribution is 2.46. The van der Waals surface area contributed by atoms with Gasteiger partial charge in [0, 0.05) is 23.9 Å². The number of hydrogen-bond acceptors (Lipinski definition) is 3. The molecule has 4 aliphatic rings. The quantitative estimate of drug-likeness (QED) is 0.366. The predicted octanol–water partition coefficient (Wildman–Crippen LogP) is 6.86. The Morgan fingerprint density at radius 2 is 1.59 bits per heavy atom. The Hall–Kier alpha value is -2.23. The molecule has 10 heteroatoms. The van der Waals surface area contributed by atoms with Crippen LogP contribution < -0.4 is 5.32 Å². The van der Waals surface area contributed by atoms with E-state index in [-0.39, 0.29) is 49.4 Å². The van der Waals surface area contributed by atoms with Crippen LogP contribution >= 0.6 is 0 Å². The third-order valence-electron chi connectivity index (χ3n) is 8.16. The number of halogens is 6. The number of rotatable bonds is 6. The lowest BCUT2D eigenvalue weighted by Crippen LogP contribution is -2.41. The molecule has 0 aliphatic heterocycles. The number of nitrogens with one attached hydrogen (secondary N) is 1. The molecular weight excluding hydrogens is 500 g/mol. The minimum Gasteiger partial charge on any atom is -0.490 e. The molecule has 0 radical (unpaired) electrons. The standard InChI is InChI=1S/C27H33F6NO3/c1-15(34-20-9-4-17(5-10-20)25(35)36)18-3-2-16-6-13-23(24(22(16)14-18)27(31,32)33)37-21-11-7-19(8-12-21)26(28,29)30/h2-3,6,13-17,19-22,34H,4-5,7-12H2,1H3,(H,35,36). The number of alkyl halides is 6. The lowest BCUT2D eigenvalue weighted by Gasteiger charge is -2.36. The van der Waals surface area contributed by atoms with Gasteiger partial charge >= 0.3 is 18.3 Å². The van der Waals surface area contributed by atoms with E-state index in [1.807, 2.05) is 13.0 Å². The highest BCUT2D eigenvalue weighted by molar-refractivity contribution is 5.70. The van der Waals surface area contributed by atoms with Gasteiger partial charge in [-0.15, -0.1) is 0 Å². The van der Waals surface area contributed by atoms with E-state index in [0.29, 0.717) is 31.3 Å². The van der Waals surface area contributed by atoms with Gasteiger partial charge in [-0.05, 0) is 69.9 Å². The molecule has 2 fully saturated rings. The Balaban J connectivity index is 1.47. The molecule has 0 heterocycles. The van der Waals surface area contributed by atoms with Gasteiger partial charge in [-0.3, -0.25) is 4.79 Å². The Labute approximate surface area is 212 Å². The second kappa shape index (κ2) is 10.9. The van der Waals surface area contributed by atoms with Gasteiger partial charge in [-0.1, -0.05) is 24.3 Å². The van der Waals surface area contributed by atoms with Gasteiger partial charge in [-0.2, -0.15) is 26.3 Å². The first-order valence-corrected chi connectivity index (χ1v) is 12.9. The Morgan fingerprint density at radius 1 is 0.973 bits per heavy atom. The molecule has 3 atom stereocenters. The van der Waals surface area contributed by atoms with E-state index in [1.54, 1.807) is 18.2 Å². The number of fused-ring (bicyclic) bond motifs is 1. The summed E-state index contributed by atoms with van der Waals surface area (Å²) in [6, 6.07) is -0.141. The van der Waals surface area contributed by atoms with Crippen molar-refractivity contribution in [3.63, 3.8) is 0 Å². The zero-order valence-electron chi connectivity index (χ0n) is 20.6. The van der Waals surface area contributed by atoms with E-state index in [4.69, 9.17) is 4.74 Å². The van der Waals surface area contributed by atoms with Crippen LogP contribution in [0.15, 0.2) is 47.3 Å². The Bertz CT molecular complexity index is 964. The fourth-order valence-corrected chi connectivity index (χ4v) is 5.99. The Morgan fingerprint density at radius 3 is 2.16 bits per heavy atom. The summed E-state index contributed by atoms with van der Waals surface area (Å²) in [5.74, 6) is -4.36. The SMILES string of the molecule is CC(NC1CCC(C(=O)O)CC1)C1=CC2C(C(F)(F)F)=C(OC3CCC(C(F)(F)F)CC3)C=CC2C=C1. The van der Waals surface area contributed by atoms with Crippen molar-refractivity contribution in [2.45, 2.75) is 88.8 Å². The summed E-state index contributed by atoms with van der Waals surface area (Å²) in [6.07, 6.45) is 0.843. The minimum absolute atomic E-state index is 0.0623. The van der Waals surface area contributed by atoms with Crippen molar-refractivity contribution in [1.82, 2.24) is 5.32 Å². The van der Waals surface area contributed by atoms with Crippen molar-refractivity contribution in [1.29, 1.82) is 0 Å². The first-order valence-electron chi connectivity index (χ1n) is 12.9. The second-order valence-electron chi connectivity index (χ2n) is 10.7. The normalized spacial score (nSPS) is 33.5. The Kier molecular flexibility index (Phi) is 8.16. The third-order valence-corrected chi connectivity index (χ3v) is 8.16. The molecule has 0 spiro atoms. The zero-order chi connectivity index (χ0) is 27.0. The number of allylic oxidation sites excluding steroid dienone is 5. The summed E-state index contributed by atoms with van der Waals surface area (Å²) in [7, 11) is 0. The van der Waals surface area contributed by atoms with Crippen molar-refractivity contribution in [2.24, 2.45) is 23.7 Å². The van der Waals surface area contributed by atoms with Crippen molar-refractivity contribution >= 4 is 5.97 Å². The van der Waals surface area contributed by atoms with Crippen molar-refractivity contribution in [3.8, 4) is 0 Å². The van der Waals surface area contributed by atoms with Gasteiger partial charge in [-0.25, -0.2) is 0 Å². The maximum atomic E-state index is 14.3. The van der Waals surface area contributed by atoms with Gasteiger partial charge in [0.1, 0.15) is 5.76 Å². The molecule has 0 saturated heterocycles. The largest absolute Gasteiger partial charge is 0.490 e. The molecule has 4 nitrogen and oxygen atoms in total. The van der Waals surface area contributed by atoms with Crippen molar-refractivity contribution in [2.75, 3.05) is 0 Å². The van der Waals surface area contributed by atoms with Crippen LogP contribution in [0.3, 0.4) is 0 Å². The molecule has 0 aromatic rings. The topological polar surface area (TPSA) is 58.6 Å². The first-order chi connectivity index (χ1) is 17.3. The molecule has 2 saturated carbocycles. The van der Waals surface area contributed by atoms with Crippen LogP contribution in [-0.2, 0) is 9.53 Å². The number of hydrogen-bond donors (Lipinski definition) is 2. The van der Waals surface area contributed by atoms with Crippen LogP contribution in [-0.4, -0.2) is 41.6 Å². The fraction of sp³-hybridized carbons (Fsp3) is 0.667. The molecule has 206 valence electrons. The molecular formula is C27H33F6NO3. The number of aliphatic carboxylic acids is 1. The lowest BCUT2D eigenvalue weighted by molar-refractivity contribution is -0.186. The van der Waals surface area contributed by atoms with Gasteiger partial charge in [0.2, 0.25) is 0 Å². The number of ether oxygens (including phenoxy) is 1. The van der Waals surface area contributed by atoms with E-state index in [0.717, 1.165) is 0 Å². The summed E-state index contributed by atoms with van der Waals surface area (Å²) in [5, 5.41) is 12.6. The van der Waals surface area contributed by atoms with Crippen LogP contribution in [0.2, 0.25) is 0 Å². The molecule has 0 aromatic carbocycles. The highest BCUT2D eigenvalue weighted by atomic mass is 19.4. The number of carboxylic acid groups (broad SMARTS) is 1. The van der Waals surface area contributed by atoms with Crippen molar-refractivity contribution in [3.05, 3.63) is 47.3 Å². The molecule has 0 bridgehead atoms. The van der Waals surface area contributed by atoms with E-state index in [9.17, 15) is 36.2 Å². The molecule has 0 aromatic heterocycles. The smallest absolute Gasteiger partial charge is 0.416 e. The zero-order valence-corrected chi connectivity index (χ0v) is 20.6. The van der Waals surface area contributed by atoms with E-state index in [1.165, 1.54) is 6.08 Å². The maximum absolute atomic E-state index is 14.3. The highest BCUT2D eigenvalue weighted by Gasteiger charge is 2.46. The lowest BCUT2D eigenvalue weighted by atomic mass is 9.76. The predicted molar refractivity (Wildman–Crippen MR) is 125 cm³/mol. The molecule has 3 unspecified atom stereocenters. The second-order valence-corrected chi connectivity index (χ2v) is 10.7. The average molecular weight is 534 g/mol. The molecule has 37 heavy (non-hydrogen) atoms. The van der Waals surface area contributed by atoms with Crippen LogP contribution in [0.5, 0.6) is 0 Å². The maximum Gasteiger partial charge on any atom is 0.416 e. The van der Waals surface area contributed by atoms with Crippen molar-refractivity contribution < 1.29 is 41.0 Å². The summed E-state index contributed by atoms with van der Waals surface area (Å²) in [5.41, 5.74) is -0.0855. The molecule has 4 aliphatic carbocycles. The van der Waals surface area contributed by atoms with E-state index < -0.39 is 47.8 Å². The average Bonchev–Trinajstić information content (AvgIpc) is 2.82. The molecule has 0 amide bonds. The number of carbonyl (C=O) groups is 1. The summed E-state index contributed by atoms with van der Waals surface area (Å²) < 4.78 is 87.6. The fourth-order valence-electron chi connectivity index (χ4n) is 5.99. The van der Waals surface area contributed by atoms with E-state index >= 15 is 0 Å².